The number of fused-ring (bicyclic) bond motifs is 1. The number of hydrogen-bond acceptors (Lipinski definition) is 3. The lowest BCUT2D eigenvalue weighted by Crippen LogP contribution is -2.19. The van der Waals surface area contributed by atoms with E-state index >= 15 is 0 Å². The molecule has 0 saturated heterocycles. The number of ether oxygens (including phenoxy) is 1. The molecule has 0 amide bonds. The minimum absolute atomic E-state index is 0.222. The van der Waals surface area contributed by atoms with Gasteiger partial charge in [0, 0.05) is 18.8 Å². The molecule has 0 N–H and O–H groups in total. The van der Waals surface area contributed by atoms with Crippen molar-refractivity contribution in [1.29, 1.82) is 0 Å². The Labute approximate surface area is 96.0 Å². The smallest absolute Gasteiger partial charge is 0.338 e. The Balaban J connectivity index is 2.24. The molecule has 1 aliphatic rings. The third-order valence-corrected chi connectivity index (χ3v) is 2.96. The molecule has 86 valence electrons. The van der Waals surface area contributed by atoms with E-state index in [1.807, 2.05) is 25.1 Å². The van der Waals surface area contributed by atoms with Crippen LogP contribution in [-0.2, 0) is 11.2 Å². The Bertz CT molecular complexity index is 401. The Kier molecular flexibility index (Phi) is 3.13. The van der Waals surface area contributed by atoms with Gasteiger partial charge in [-0.1, -0.05) is 0 Å². The molecular weight excluding hydrogens is 202 g/mol. The summed E-state index contributed by atoms with van der Waals surface area (Å²) in [6.07, 6.45) is 1.02. The zero-order valence-corrected chi connectivity index (χ0v) is 9.82. The topological polar surface area (TPSA) is 29.5 Å². The van der Waals surface area contributed by atoms with Gasteiger partial charge in [0.2, 0.25) is 0 Å². The second-order valence-corrected chi connectivity index (χ2v) is 3.89. The Morgan fingerprint density at radius 1 is 1.44 bits per heavy atom. The van der Waals surface area contributed by atoms with Crippen molar-refractivity contribution in [2.45, 2.75) is 20.3 Å². The summed E-state index contributed by atoms with van der Waals surface area (Å²) in [4.78, 5) is 13.9. The van der Waals surface area contributed by atoms with E-state index in [0.29, 0.717) is 12.2 Å². The van der Waals surface area contributed by atoms with Crippen molar-refractivity contribution in [3.8, 4) is 0 Å². The summed E-state index contributed by atoms with van der Waals surface area (Å²) in [6.45, 7) is 6.47. The van der Waals surface area contributed by atoms with Gasteiger partial charge in [0.15, 0.2) is 0 Å². The van der Waals surface area contributed by atoms with E-state index in [4.69, 9.17) is 4.74 Å². The van der Waals surface area contributed by atoms with Crippen molar-refractivity contribution in [2.75, 3.05) is 24.6 Å². The monoisotopic (exact) mass is 219 g/mol. The molecule has 2 rings (SSSR count). The van der Waals surface area contributed by atoms with E-state index in [-0.39, 0.29) is 5.97 Å². The molecule has 0 radical (unpaired) electrons. The fourth-order valence-electron chi connectivity index (χ4n) is 2.14. The Hall–Kier alpha value is -1.51. The predicted molar refractivity (Wildman–Crippen MR) is 64.0 cm³/mol. The molecule has 0 bridgehead atoms. The van der Waals surface area contributed by atoms with Gasteiger partial charge in [-0.2, -0.15) is 0 Å². The third-order valence-electron chi connectivity index (χ3n) is 2.96. The molecule has 1 aromatic rings. The number of nitrogens with zero attached hydrogens (tertiary/aromatic N) is 1. The van der Waals surface area contributed by atoms with E-state index in [1.165, 1.54) is 11.3 Å². The normalized spacial score (nSPS) is 13.8. The van der Waals surface area contributed by atoms with Gasteiger partial charge in [-0.3, -0.25) is 0 Å². The van der Waals surface area contributed by atoms with Crippen LogP contribution in [0.15, 0.2) is 18.2 Å². The summed E-state index contributed by atoms with van der Waals surface area (Å²) in [5.74, 6) is -0.222. The first-order valence-electron chi connectivity index (χ1n) is 5.81. The van der Waals surface area contributed by atoms with Crippen LogP contribution in [0.3, 0.4) is 0 Å². The van der Waals surface area contributed by atoms with Crippen LogP contribution in [0.5, 0.6) is 0 Å². The number of carbonyl (C=O) groups excluding carboxylic acids is 1. The van der Waals surface area contributed by atoms with E-state index in [2.05, 4.69) is 11.8 Å². The Morgan fingerprint density at radius 2 is 2.25 bits per heavy atom. The highest BCUT2D eigenvalue weighted by Crippen LogP contribution is 2.28. The quantitative estimate of drug-likeness (QED) is 0.730. The molecule has 0 fully saturated rings. The van der Waals surface area contributed by atoms with E-state index in [9.17, 15) is 4.79 Å². The number of benzene rings is 1. The molecule has 1 heterocycles. The van der Waals surface area contributed by atoms with Gasteiger partial charge in [-0.05, 0) is 44.0 Å². The molecule has 1 aliphatic heterocycles. The fraction of sp³-hybridized carbons (Fsp3) is 0.462. The lowest BCUT2D eigenvalue weighted by atomic mass is 10.1. The second kappa shape index (κ2) is 4.56. The zero-order valence-electron chi connectivity index (χ0n) is 9.82. The van der Waals surface area contributed by atoms with Crippen LogP contribution in [0.1, 0.15) is 29.8 Å². The van der Waals surface area contributed by atoms with Crippen molar-refractivity contribution < 1.29 is 9.53 Å². The maximum absolute atomic E-state index is 11.6. The fourth-order valence-corrected chi connectivity index (χ4v) is 2.14. The minimum atomic E-state index is -0.222. The molecule has 0 saturated carbocycles. The summed E-state index contributed by atoms with van der Waals surface area (Å²) >= 11 is 0. The standard InChI is InChI=1S/C13H17NO2/c1-3-14-8-7-10-9-11(5-6-12(10)14)13(15)16-4-2/h5-6,9H,3-4,7-8H2,1-2H3. The van der Waals surface area contributed by atoms with Crippen molar-refractivity contribution in [3.05, 3.63) is 29.3 Å². The van der Waals surface area contributed by atoms with Crippen LogP contribution < -0.4 is 4.90 Å². The van der Waals surface area contributed by atoms with Gasteiger partial charge in [-0.15, -0.1) is 0 Å². The van der Waals surface area contributed by atoms with Gasteiger partial charge in [0.25, 0.3) is 0 Å². The highest BCUT2D eigenvalue weighted by atomic mass is 16.5. The molecule has 0 spiro atoms. The van der Waals surface area contributed by atoms with Crippen molar-refractivity contribution in [3.63, 3.8) is 0 Å². The van der Waals surface area contributed by atoms with Crippen LogP contribution in [0, 0.1) is 0 Å². The summed E-state index contributed by atoms with van der Waals surface area (Å²) < 4.78 is 4.99. The molecule has 0 aliphatic carbocycles. The number of esters is 1. The minimum Gasteiger partial charge on any atom is -0.462 e. The first kappa shape index (κ1) is 11.0. The van der Waals surface area contributed by atoms with Gasteiger partial charge >= 0.3 is 5.97 Å². The average molecular weight is 219 g/mol. The largest absolute Gasteiger partial charge is 0.462 e. The zero-order chi connectivity index (χ0) is 11.5. The van der Waals surface area contributed by atoms with Crippen LogP contribution >= 0.6 is 0 Å². The lowest BCUT2D eigenvalue weighted by molar-refractivity contribution is 0.0526. The number of likely N-dealkylation sites (N-methyl/N-ethyl adjacent to an activating group) is 1. The molecule has 0 atom stereocenters. The van der Waals surface area contributed by atoms with Crippen molar-refractivity contribution in [2.24, 2.45) is 0 Å². The summed E-state index contributed by atoms with van der Waals surface area (Å²) in [7, 11) is 0. The van der Waals surface area contributed by atoms with E-state index in [0.717, 1.165) is 19.5 Å². The third kappa shape index (κ3) is 1.90. The van der Waals surface area contributed by atoms with Crippen LogP contribution in [0.4, 0.5) is 5.69 Å². The summed E-state index contributed by atoms with van der Waals surface area (Å²) in [6, 6.07) is 5.84. The van der Waals surface area contributed by atoms with Gasteiger partial charge in [0.1, 0.15) is 0 Å². The van der Waals surface area contributed by atoms with Crippen LogP contribution in [0.25, 0.3) is 0 Å². The molecule has 0 unspecified atom stereocenters. The highest BCUT2D eigenvalue weighted by molar-refractivity contribution is 5.90. The number of anilines is 1. The van der Waals surface area contributed by atoms with Gasteiger partial charge < -0.3 is 9.64 Å². The molecule has 0 aromatic heterocycles. The molecule has 16 heavy (non-hydrogen) atoms. The average Bonchev–Trinajstić information content (AvgIpc) is 2.71. The van der Waals surface area contributed by atoms with E-state index < -0.39 is 0 Å². The Morgan fingerprint density at radius 3 is 2.94 bits per heavy atom. The second-order valence-electron chi connectivity index (χ2n) is 3.89. The maximum Gasteiger partial charge on any atom is 0.338 e. The lowest BCUT2D eigenvalue weighted by Gasteiger charge is -2.16. The highest BCUT2D eigenvalue weighted by Gasteiger charge is 2.19. The summed E-state index contributed by atoms with van der Waals surface area (Å²) in [5.41, 5.74) is 3.18. The van der Waals surface area contributed by atoms with Crippen molar-refractivity contribution in [1.82, 2.24) is 0 Å². The van der Waals surface area contributed by atoms with Gasteiger partial charge in [-0.25, -0.2) is 4.79 Å². The van der Waals surface area contributed by atoms with E-state index in [1.54, 1.807) is 0 Å². The predicted octanol–water partition coefficient (Wildman–Crippen LogP) is 2.25. The molecule has 1 aromatic carbocycles. The number of rotatable bonds is 3. The van der Waals surface area contributed by atoms with Crippen molar-refractivity contribution >= 4 is 11.7 Å². The first-order valence-corrected chi connectivity index (χ1v) is 5.81. The maximum atomic E-state index is 11.6. The number of hydrogen-bond donors (Lipinski definition) is 0. The van der Waals surface area contributed by atoms with Gasteiger partial charge in [0.05, 0.1) is 12.2 Å². The van der Waals surface area contributed by atoms with Crippen LogP contribution in [0.2, 0.25) is 0 Å². The first-order chi connectivity index (χ1) is 7.76. The molecular formula is C13H17NO2. The SMILES string of the molecule is CCOC(=O)c1ccc2c(c1)CCN2CC. The number of carbonyl (C=O) groups is 1. The molecule has 3 nitrogen and oxygen atoms in total. The summed E-state index contributed by atoms with van der Waals surface area (Å²) in [5, 5.41) is 0. The molecule has 3 heteroatoms. The van der Waals surface area contributed by atoms with Crippen LogP contribution in [-0.4, -0.2) is 25.7 Å².